The van der Waals surface area contributed by atoms with Gasteiger partial charge in [-0.15, -0.1) is 0 Å². The minimum atomic E-state index is -0.161. The van der Waals surface area contributed by atoms with Crippen LogP contribution in [0.5, 0.6) is 0 Å². The molecule has 0 fully saturated rings. The number of aromatic nitrogens is 2. The van der Waals surface area contributed by atoms with Gasteiger partial charge in [0.25, 0.3) is 5.91 Å². The number of nitrogens with zero attached hydrogens (tertiary/aromatic N) is 2. The van der Waals surface area contributed by atoms with Gasteiger partial charge in [0.1, 0.15) is 11.4 Å². The summed E-state index contributed by atoms with van der Waals surface area (Å²) < 4.78 is 1.57. The molecule has 1 amide bonds. The second-order valence-corrected chi connectivity index (χ2v) is 2.95. The highest BCUT2D eigenvalue weighted by Crippen LogP contribution is 2.07. The van der Waals surface area contributed by atoms with Crippen LogP contribution in [0.25, 0.3) is 0 Å². The van der Waals surface area contributed by atoms with Crippen molar-refractivity contribution >= 4 is 11.7 Å². The van der Waals surface area contributed by atoms with E-state index in [0.717, 1.165) is 0 Å². The molecule has 5 heteroatoms. The Hall–Kier alpha value is -1.65. The molecule has 0 bridgehead atoms. The van der Waals surface area contributed by atoms with E-state index in [9.17, 15) is 9.59 Å². The van der Waals surface area contributed by atoms with E-state index in [1.807, 2.05) is 0 Å². The summed E-state index contributed by atoms with van der Waals surface area (Å²) >= 11 is 0. The normalized spacial score (nSPS) is 15.0. The predicted molar refractivity (Wildman–Crippen MR) is 44.6 cm³/mol. The van der Waals surface area contributed by atoms with Crippen molar-refractivity contribution in [1.29, 1.82) is 0 Å². The Bertz CT molecular complexity index is 381. The van der Waals surface area contributed by atoms with Gasteiger partial charge in [-0.25, -0.2) is 0 Å². The zero-order valence-electron chi connectivity index (χ0n) is 7.20. The first-order valence-corrected chi connectivity index (χ1v) is 4.05. The van der Waals surface area contributed by atoms with Gasteiger partial charge in [0, 0.05) is 19.5 Å². The van der Waals surface area contributed by atoms with Crippen molar-refractivity contribution in [2.75, 3.05) is 6.54 Å². The van der Waals surface area contributed by atoms with Crippen LogP contribution in [0.3, 0.4) is 0 Å². The highest BCUT2D eigenvalue weighted by molar-refractivity contribution is 5.98. The molecule has 1 aromatic rings. The van der Waals surface area contributed by atoms with Crippen molar-refractivity contribution in [3.63, 3.8) is 0 Å². The predicted octanol–water partition coefficient (Wildman–Crippen LogP) is -0.171. The van der Waals surface area contributed by atoms with Crippen molar-refractivity contribution < 1.29 is 9.59 Å². The average molecular weight is 179 g/mol. The summed E-state index contributed by atoms with van der Waals surface area (Å²) in [6, 6.07) is 1.52. The fraction of sp³-hybridized carbons (Fsp3) is 0.375. The van der Waals surface area contributed by atoms with Crippen LogP contribution >= 0.6 is 0 Å². The van der Waals surface area contributed by atoms with Crippen LogP contribution in [-0.2, 0) is 6.54 Å². The fourth-order valence-corrected chi connectivity index (χ4v) is 1.31. The lowest BCUT2D eigenvalue weighted by Crippen LogP contribution is -2.35. The zero-order chi connectivity index (χ0) is 9.42. The second-order valence-electron chi connectivity index (χ2n) is 2.95. The van der Waals surface area contributed by atoms with Gasteiger partial charge in [-0.2, -0.15) is 5.10 Å². The number of Topliss-reactive ketones (excluding diaryl/α,β-unsaturated/α-hetero) is 1. The third kappa shape index (κ3) is 1.22. The van der Waals surface area contributed by atoms with Crippen LogP contribution < -0.4 is 5.32 Å². The second kappa shape index (κ2) is 2.69. The standard InChI is InChI=1S/C8H9N3O2/c1-5(12)6-4-7-8(13)9-2-3-11(7)10-6/h4H,2-3H2,1H3,(H,9,13). The number of carbonyl (C=O) groups excluding carboxylic acids is 2. The van der Waals surface area contributed by atoms with Gasteiger partial charge in [0.2, 0.25) is 0 Å². The lowest BCUT2D eigenvalue weighted by molar-refractivity contribution is 0.0923. The Morgan fingerprint density at radius 1 is 1.69 bits per heavy atom. The molecule has 0 aromatic carbocycles. The SMILES string of the molecule is CC(=O)c1cc2n(n1)CCNC2=O. The van der Waals surface area contributed by atoms with Gasteiger partial charge < -0.3 is 5.32 Å². The summed E-state index contributed by atoms with van der Waals surface area (Å²) in [6.07, 6.45) is 0. The minimum Gasteiger partial charge on any atom is -0.349 e. The van der Waals surface area contributed by atoms with E-state index in [0.29, 0.717) is 24.5 Å². The Kier molecular flexibility index (Phi) is 1.65. The molecular formula is C8H9N3O2. The van der Waals surface area contributed by atoms with Crippen molar-refractivity contribution in [1.82, 2.24) is 15.1 Å². The van der Waals surface area contributed by atoms with Crippen molar-refractivity contribution in [2.45, 2.75) is 13.5 Å². The number of nitrogens with one attached hydrogen (secondary N) is 1. The maximum Gasteiger partial charge on any atom is 0.269 e. The van der Waals surface area contributed by atoms with Crippen LogP contribution in [0.4, 0.5) is 0 Å². The molecule has 0 aliphatic carbocycles. The first kappa shape index (κ1) is 7.97. The summed E-state index contributed by atoms with van der Waals surface area (Å²) in [5, 5.41) is 6.69. The van der Waals surface area contributed by atoms with Crippen LogP contribution in [0.1, 0.15) is 27.9 Å². The van der Waals surface area contributed by atoms with E-state index < -0.39 is 0 Å². The molecule has 1 aliphatic rings. The summed E-state index contributed by atoms with van der Waals surface area (Å²) in [5.74, 6) is -0.277. The van der Waals surface area contributed by atoms with E-state index in [1.165, 1.54) is 13.0 Å². The molecule has 0 saturated carbocycles. The topological polar surface area (TPSA) is 64.0 Å². The third-order valence-electron chi connectivity index (χ3n) is 1.98. The van der Waals surface area contributed by atoms with E-state index in [1.54, 1.807) is 4.68 Å². The highest BCUT2D eigenvalue weighted by Gasteiger charge is 2.20. The van der Waals surface area contributed by atoms with Crippen LogP contribution in [-0.4, -0.2) is 28.0 Å². The Morgan fingerprint density at radius 3 is 3.08 bits per heavy atom. The number of ketones is 1. The van der Waals surface area contributed by atoms with Gasteiger partial charge in [0.05, 0.1) is 6.54 Å². The summed E-state index contributed by atoms with van der Waals surface area (Å²) in [5.41, 5.74) is 0.823. The molecule has 0 unspecified atom stereocenters. The van der Waals surface area contributed by atoms with Crippen molar-refractivity contribution in [2.24, 2.45) is 0 Å². The fourth-order valence-electron chi connectivity index (χ4n) is 1.31. The van der Waals surface area contributed by atoms with Gasteiger partial charge >= 0.3 is 0 Å². The van der Waals surface area contributed by atoms with Crippen molar-refractivity contribution in [3.8, 4) is 0 Å². The molecule has 0 atom stereocenters. The van der Waals surface area contributed by atoms with E-state index in [-0.39, 0.29) is 11.7 Å². The number of hydrogen-bond acceptors (Lipinski definition) is 3. The minimum absolute atomic E-state index is 0.116. The molecule has 1 aliphatic heterocycles. The molecule has 1 N–H and O–H groups in total. The number of carbonyl (C=O) groups is 2. The maximum absolute atomic E-state index is 11.2. The molecule has 0 saturated heterocycles. The smallest absolute Gasteiger partial charge is 0.269 e. The number of hydrogen-bond donors (Lipinski definition) is 1. The first-order valence-electron chi connectivity index (χ1n) is 4.05. The highest BCUT2D eigenvalue weighted by atomic mass is 16.2. The molecule has 2 heterocycles. The number of rotatable bonds is 1. The monoisotopic (exact) mass is 179 g/mol. The quantitative estimate of drug-likeness (QED) is 0.609. The maximum atomic E-state index is 11.2. The number of amides is 1. The molecule has 13 heavy (non-hydrogen) atoms. The largest absolute Gasteiger partial charge is 0.349 e. The summed E-state index contributed by atoms with van der Waals surface area (Å²) in [4.78, 5) is 22.2. The van der Waals surface area contributed by atoms with Crippen LogP contribution in [0, 0.1) is 0 Å². The molecular weight excluding hydrogens is 170 g/mol. The summed E-state index contributed by atoms with van der Waals surface area (Å²) in [7, 11) is 0. The Labute approximate surface area is 74.7 Å². The molecule has 0 spiro atoms. The van der Waals surface area contributed by atoms with E-state index in [4.69, 9.17) is 0 Å². The van der Waals surface area contributed by atoms with Gasteiger partial charge in [0.15, 0.2) is 5.78 Å². The molecule has 68 valence electrons. The van der Waals surface area contributed by atoms with Crippen molar-refractivity contribution in [3.05, 3.63) is 17.5 Å². The van der Waals surface area contributed by atoms with E-state index >= 15 is 0 Å². The zero-order valence-corrected chi connectivity index (χ0v) is 7.20. The van der Waals surface area contributed by atoms with E-state index in [2.05, 4.69) is 10.4 Å². The molecule has 2 rings (SSSR count). The molecule has 0 radical (unpaired) electrons. The molecule has 1 aromatic heterocycles. The third-order valence-corrected chi connectivity index (χ3v) is 1.98. The van der Waals surface area contributed by atoms with Crippen LogP contribution in [0.2, 0.25) is 0 Å². The van der Waals surface area contributed by atoms with Crippen LogP contribution in [0.15, 0.2) is 6.07 Å². The average Bonchev–Trinajstić information content (AvgIpc) is 2.49. The lowest BCUT2D eigenvalue weighted by Gasteiger charge is -2.13. The van der Waals surface area contributed by atoms with Gasteiger partial charge in [-0.05, 0) is 0 Å². The van der Waals surface area contributed by atoms with Gasteiger partial charge in [-0.1, -0.05) is 0 Å². The first-order chi connectivity index (χ1) is 6.18. The lowest BCUT2D eigenvalue weighted by atomic mass is 10.2. The number of fused-ring (bicyclic) bond motifs is 1. The van der Waals surface area contributed by atoms with Gasteiger partial charge in [-0.3, -0.25) is 14.3 Å². The Balaban J connectivity index is 2.48. The molecule has 5 nitrogen and oxygen atoms in total. The summed E-state index contributed by atoms with van der Waals surface area (Å²) in [6.45, 7) is 2.64. The Morgan fingerprint density at radius 2 is 2.46 bits per heavy atom.